The smallest absolute Gasteiger partial charge is 0.264 e. The Hall–Kier alpha value is -2.95. The van der Waals surface area contributed by atoms with Gasteiger partial charge in [-0.3, -0.25) is 13.9 Å². The Morgan fingerprint density at radius 3 is 2.39 bits per heavy atom. The fraction of sp³-hybridized carbons (Fsp3) is 0.259. The van der Waals surface area contributed by atoms with Gasteiger partial charge < -0.3 is 10.2 Å². The summed E-state index contributed by atoms with van der Waals surface area (Å²) < 4.78 is 42.9. The lowest BCUT2D eigenvalue weighted by Crippen LogP contribution is -2.51. The van der Waals surface area contributed by atoms with Crippen LogP contribution < -0.4 is 9.62 Å². The molecule has 0 saturated carbocycles. The molecule has 2 amide bonds. The van der Waals surface area contributed by atoms with Gasteiger partial charge in [0, 0.05) is 17.6 Å². The summed E-state index contributed by atoms with van der Waals surface area (Å²) in [6.07, 6.45) is 0.715. The van der Waals surface area contributed by atoms with Crippen molar-refractivity contribution >= 4 is 55.1 Å². The molecule has 3 aromatic rings. The van der Waals surface area contributed by atoms with Crippen LogP contribution in [0.3, 0.4) is 0 Å². The van der Waals surface area contributed by atoms with E-state index in [4.69, 9.17) is 11.6 Å². The predicted molar refractivity (Wildman–Crippen MR) is 150 cm³/mol. The monoisotopic (exact) mass is 623 g/mol. The fourth-order valence-electron chi connectivity index (χ4n) is 3.70. The Kier molecular flexibility index (Phi) is 10.3. The summed E-state index contributed by atoms with van der Waals surface area (Å²) in [5, 5.41) is 2.50. The second kappa shape index (κ2) is 13.2. The second-order valence-corrected chi connectivity index (χ2v) is 11.7. The third-order valence-corrected chi connectivity index (χ3v) is 8.33. The van der Waals surface area contributed by atoms with E-state index in [1.54, 1.807) is 37.3 Å². The quantitative estimate of drug-likeness (QED) is 0.310. The molecule has 0 spiro atoms. The lowest BCUT2D eigenvalue weighted by Gasteiger charge is -2.32. The molecular weight excluding hydrogens is 597 g/mol. The van der Waals surface area contributed by atoms with Crippen LogP contribution in [0.15, 0.2) is 82.2 Å². The highest BCUT2D eigenvalue weighted by Crippen LogP contribution is 2.28. The number of sulfonamides is 1. The molecule has 0 saturated heterocycles. The van der Waals surface area contributed by atoms with Crippen molar-refractivity contribution in [3.05, 3.63) is 93.7 Å². The topological polar surface area (TPSA) is 86.8 Å². The van der Waals surface area contributed by atoms with Crippen LogP contribution in [0, 0.1) is 5.82 Å². The molecule has 0 aromatic heterocycles. The maximum absolute atomic E-state index is 13.9. The number of halogens is 3. The first-order chi connectivity index (χ1) is 18.0. The van der Waals surface area contributed by atoms with Crippen molar-refractivity contribution < 1.29 is 22.4 Å². The number of hydrogen-bond donors (Lipinski definition) is 1. The van der Waals surface area contributed by atoms with Crippen molar-refractivity contribution in [2.24, 2.45) is 0 Å². The van der Waals surface area contributed by atoms with E-state index < -0.39 is 34.3 Å². The largest absolute Gasteiger partial charge is 0.354 e. The highest BCUT2D eigenvalue weighted by molar-refractivity contribution is 9.10. The summed E-state index contributed by atoms with van der Waals surface area (Å²) in [6.45, 7) is 3.35. The van der Waals surface area contributed by atoms with Crippen LogP contribution in [0.1, 0.15) is 25.8 Å². The normalized spacial score (nSPS) is 12.0. The van der Waals surface area contributed by atoms with Gasteiger partial charge in [-0.1, -0.05) is 64.8 Å². The van der Waals surface area contributed by atoms with Crippen LogP contribution in [0.25, 0.3) is 0 Å². The average molecular weight is 625 g/mol. The van der Waals surface area contributed by atoms with Gasteiger partial charge in [-0.05, 0) is 61.4 Å². The van der Waals surface area contributed by atoms with Gasteiger partial charge in [-0.2, -0.15) is 0 Å². The van der Waals surface area contributed by atoms with E-state index in [1.807, 2.05) is 19.1 Å². The van der Waals surface area contributed by atoms with Crippen molar-refractivity contribution in [2.45, 2.75) is 37.8 Å². The van der Waals surface area contributed by atoms with Crippen LogP contribution in [-0.2, 0) is 26.2 Å². The molecule has 0 bridgehead atoms. The first kappa shape index (κ1) is 29.6. The van der Waals surface area contributed by atoms with Crippen LogP contribution >= 0.6 is 27.5 Å². The molecule has 0 aliphatic heterocycles. The fourth-order valence-corrected chi connectivity index (χ4v) is 5.75. The summed E-state index contributed by atoms with van der Waals surface area (Å²) in [5.74, 6) is -1.71. The molecular formula is C27H28BrClFN3O4S. The zero-order valence-electron chi connectivity index (χ0n) is 20.9. The lowest BCUT2D eigenvalue weighted by molar-refractivity contribution is -0.139. The van der Waals surface area contributed by atoms with E-state index in [2.05, 4.69) is 21.2 Å². The van der Waals surface area contributed by atoms with Crippen molar-refractivity contribution in [1.82, 2.24) is 10.2 Å². The minimum atomic E-state index is -4.26. The molecule has 0 aliphatic rings. The van der Waals surface area contributed by atoms with Crippen molar-refractivity contribution in [2.75, 3.05) is 17.4 Å². The van der Waals surface area contributed by atoms with Crippen LogP contribution in [0.5, 0.6) is 0 Å². The van der Waals surface area contributed by atoms with Gasteiger partial charge in [0.25, 0.3) is 10.0 Å². The number of benzene rings is 3. The van der Waals surface area contributed by atoms with Gasteiger partial charge in [-0.15, -0.1) is 0 Å². The van der Waals surface area contributed by atoms with Gasteiger partial charge in [0.2, 0.25) is 11.8 Å². The van der Waals surface area contributed by atoms with Crippen molar-refractivity contribution in [3.8, 4) is 0 Å². The first-order valence-corrected chi connectivity index (χ1v) is 14.5. The van der Waals surface area contributed by atoms with Gasteiger partial charge >= 0.3 is 0 Å². The van der Waals surface area contributed by atoms with E-state index in [0.29, 0.717) is 13.0 Å². The Balaban J connectivity index is 2.03. The Bertz CT molecular complexity index is 1390. The molecule has 0 heterocycles. The highest BCUT2D eigenvalue weighted by Gasteiger charge is 2.32. The van der Waals surface area contributed by atoms with E-state index >= 15 is 0 Å². The number of amides is 2. The molecule has 0 aliphatic carbocycles. The second-order valence-electron chi connectivity index (χ2n) is 8.54. The number of anilines is 1. The van der Waals surface area contributed by atoms with Crippen molar-refractivity contribution in [3.63, 3.8) is 0 Å². The Morgan fingerprint density at radius 2 is 1.76 bits per heavy atom. The number of nitrogens with zero attached hydrogens (tertiary/aromatic N) is 2. The molecule has 3 rings (SSSR count). The Labute approximate surface area is 235 Å². The molecule has 11 heteroatoms. The number of rotatable bonds is 11. The molecule has 0 fully saturated rings. The van der Waals surface area contributed by atoms with Crippen molar-refractivity contribution in [1.29, 1.82) is 0 Å². The molecule has 1 N–H and O–H groups in total. The summed E-state index contributed by atoms with van der Waals surface area (Å²) in [5.41, 5.74) is 0.754. The maximum atomic E-state index is 13.9. The van der Waals surface area contributed by atoms with E-state index in [-0.39, 0.29) is 28.1 Å². The minimum Gasteiger partial charge on any atom is -0.354 e. The summed E-state index contributed by atoms with van der Waals surface area (Å²) >= 11 is 9.38. The zero-order chi connectivity index (χ0) is 27.9. The van der Waals surface area contributed by atoms with E-state index in [0.717, 1.165) is 26.5 Å². The highest BCUT2D eigenvalue weighted by atomic mass is 79.9. The summed E-state index contributed by atoms with van der Waals surface area (Å²) in [6, 6.07) is 17.4. The summed E-state index contributed by atoms with van der Waals surface area (Å²) in [4.78, 5) is 27.9. The zero-order valence-corrected chi connectivity index (χ0v) is 24.1. The third kappa shape index (κ3) is 7.33. The number of hydrogen-bond acceptors (Lipinski definition) is 4. The van der Waals surface area contributed by atoms with Crippen LogP contribution in [0.4, 0.5) is 10.1 Å². The molecule has 0 radical (unpaired) electrons. The van der Waals surface area contributed by atoms with Gasteiger partial charge in [0.15, 0.2) is 0 Å². The standard InChI is InChI=1S/C27H28BrClFN3O4S/c1-3-14-31-27(35)19(2)32(17-20-8-7-9-21(28)15-20)26(34)18-33(22-12-13-25(30)24(29)16-22)38(36,37)23-10-5-4-6-11-23/h4-13,15-16,19H,3,14,17-18H2,1-2H3,(H,31,35)/t19-/m0/s1. The predicted octanol–water partition coefficient (Wildman–Crippen LogP) is 5.38. The maximum Gasteiger partial charge on any atom is 0.264 e. The Morgan fingerprint density at radius 1 is 1.05 bits per heavy atom. The van der Waals surface area contributed by atoms with Gasteiger partial charge in [-0.25, -0.2) is 12.8 Å². The first-order valence-electron chi connectivity index (χ1n) is 11.9. The molecule has 1 atom stereocenters. The molecule has 7 nitrogen and oxygen atoms in total. The molecule has 202 valence electrons. The van der Waals surface area contributed by atoms with Gasteiger partial charge in [0.05, 0.1) is 15.6 Å². The van der Waals surface area contributed by atoms with E-state index in [1.165, 1.54) is 23.1 Å². The van der Waals surface area contributed by atoms with Crippen LogP contribution in [-0.4, -0.2) is 44.3 Å². The number of nitrogens with one attached hydrogen (secondary N) is 1. The van der Waals surface area contributed by atoms with Crippen LogP contribution in [0.2, 0.25) is 5.02 Å². The molecule has 38 heavy (non-hydrogen) atoms. The number of carbonyl (C=O) groups is 2. The van der Waals surface area contributed by atoms with Gasteiger partial charge in [0.1, 0.15) is 18.4 Å². The lowest BCUT2D eigenvalue weighted by atomic mass is 10.1. The SMILES string of the molecule is CCCNC(=O)[C@H](C)N(Cc1cccc(Br)c1)C(=O)CN(c1ccc(F)c(Cl)c1)S(=O)(=O)c1ccccc1. The molecule has 0 unspecified atom stereocenters. The summed E-state index contributed by atoms with van der Waals surface area (Å²) in [7, 11) is -4.26. The third-order valence-electron chi connectivity index (χ3n) is 5.76. The number of carbonyl (C=O) groups excluding carboxylic acids is 2. The average Bonchev–Trinajstić information content (AvgIpc) is 2.90. The minimum absolute atomic E-state index is 0.0131. The van der Waals surface area contributed by atoms with E-state index in [9.17, 15) is 22.4 Å². The molecule has 3 aromatic carbocycles.